The van der Waals surface area contributed by atoms with Crippen molar-refractivity contribution < 1.29 is 17.6 Å². The van der Waals surface area contributed by atoms with Crippen LogP contribution in [0.4, 0.5) is 10.1 Å². The number of hydrogen-bond acceptors (Lipinski definition) is 4. The summed E-state index contributed by atoms with van der Waals surface area (Å²) >= 11 is 0. The van der Waals surface area contributed by atoms with E-state index in [2.05, 4.69) is 10.0 Å². The molecule has 0 bridgehead atoms. The molecule has 0 aromatic heterocycles. The Morgan fingerprint density at radius 3 is 2.54 bits per heavy atom. The van der Waals surface area contributed by atoms with Crippen LogP contribution in [-0.4, -0.2) is 45.4 Å². The monoisotopic (exact) mass is 377 g/mol. The third kappa shape index (κ3) is 3.86. The molecule has 0 spiro atoms. The van der Waals surface area contributed by atoms with E-state index in [1.54, 1.807) is 17.9 Å². The number of carbonyl (C=O) groups is 1. The van der Waals surface area contributed by atoms with Crippen LogP contribution < -0.4 is 10.0 Å². The van der Waals surface area contributed by atoms with Gasteiger partial charge < -0.3 is 10.2 Å². The summed E-state index contributed by atoms with van der Waals surface area (Å²) in [6, 6.07) is 9.88. The van der Waals surface area contributed by atoms with E-state index in [1.807, 2.05) is 0 Å². The molecule has 0 aliphatic carbocycles. The minimum atomic E-state index is -4.01. The van der Waals surface area contributed by atoms with Crippen molar-refractivity contribution in [2.24, 2.45) is 0 Å². The molecular weight excluding hydrogens is 357 g/mol. The van der Waals surface area contributed by atoms with Crippen molar-refractivity contribution in [3.05, 3.63) is 59.4 Å². The van der Waals surface area contributed by atoms with Gasteiger partial charge in [0, 0.05) is 31.7 Å². The number of benzene rings is 2. The van der Waals surface area contributed by atoms with Crippen molar-refractivity contribution >= 4 is 21.6 Å². The summed E-state index contributed by atoms with van der Waals surface area (Å²) in [7, 11) is -4.01. The summed E-state index contributed by atoms with van der Waals surface area (Å²) in [6.45, 7) is 4.32. The van der Waals surface area contributed by atoms with Gasteiger partial charge in [-0.05, 0) is 36.8 Å². The maximum Gasteiger partial charge on any atom is 0.262 e. The predicted octanol–water partition coefficient (Wildman–Crippen LogP) is 1.98. The summed E-state index contributed by atoms with van der Waals surface area (Å²) in [5.74, 6) is -0.868. The highest BCUT2D eigenvalue weighted by atomic mass is 32.2. The lowest BCUT2D eigenvalue weighted by Gasteiger charge is -2.28. The fourth-order valence-corrected chi connectivity index (χ4v) is 3.88. The van der Waals surface area contributed by atoms with Gasteiger partial charge in [-0.15, -0.1) is 0 Å². The molecule has 2 aromatic carbocycles. The first-order chi connectivity index (χ1) is 12.4. The zero-order valence-electron chi connectivity index (χ0n) is 14.3. The fourth-order valence-electron chi connectivity index (χ4n) is 2.78. The van der Waals surface area contributed by atoms with E-state index in [1.165, 1.54) is 36.4 Å². The lowest BCUT2D eigenvalue weighted by molar-refractivity contribution is 0.0735. The summed E-state index contributed by atoms with van der Waals surface area (Å²) in [5.41, 5.74) is 0.893. The lowest BCUT2D eigenvalue weighted by Crippen LogP contribution is -2.46. The minimum Gasteiger partial charge on any atom is -0.336 e. The molecule has 138 valence electrons. The molecule has 0 unspecified atom stereocenters. The van der Waals surface area contributed by atoms with Crippen LogP contribution in [-0.2, 0) is 10.0 Å². The van der Waals surface area contributed by atoms with Crippen LogP contribution in [0.2, 0.25) is 0 Å². The molecule has 1 aliphatic rings. The molecule has 2 aromatic rings. The second-order valence-corrected chi connectivity index (χ2v) is 7.79. The van der Waals surface area contributed by atoms with Crippen molar-refractivity contribution in [1.29, 1.82) is 0 Å². The Labute approximate surface area is 152 Å². The van der Waals surface area contributed by atoms with Crippen molar-refractivity contribution in [1.82, 2.24) is 10.2 Å². The molecule has 8 heteroatoms. The number of piperazine rings is 1. The summed E-state index contributed by atoms with van der Waals surface area (Å²) in [6.07, 6.45) is 0. The molecule has 1 aliphatic heterocycles. The average Bonchev–Trinajstić information content (AvgIpc) is 2.64. The molecule has 2 N–H and O–H groups in total. The van der Waals surface area contributed by atoms with E-state index in [4.69, 9.17) is 0 Å². The number of nitrogens with one attached hydrogen (secondary N) is 2. The third-order valence-corrected chi connectivity index (χ3v) is 5.64. The number of aryl methyl sites for hydroxylation is 1. The van der Waals surface area contributed by atoms with Crippen molar-refractivity contribution in [3.8, 4) is 0 Å². The number of carbonyl (C=O) groups excluding carboxylic acids is 1. The molecule has 26 heavy (non-hydrogen) atoms. The van der Waals surface area contributed by atoms with Crippen LogP contribution in [0, 0.1) is 12.7 Å². The molecule has 0 saturated carbocycles. The fraction of sp³-hybridized carbons (Fsp3) is 0.278. The largest absolute Gasteiger partial charge is 0.336 e. The van der Waals surface area contributed by atoms with Gasteiger partial charge in [0.15, 0.2) is 0 Å². The topological polar surface area (TPSA) is 78.5 Å². The Hall–Kier alpha value is -2.45. The van der Waals surface area contributed by atoms with E-state index in [0.29, 0.717) is 37.3 Å². The molecule has 1 amide bonds. The molecular formula is C18H20FN3O3S. The van der Waals surface area contributed by atoms with Crippen molar-refractivity contribution in [3.63, 3.8) is 0 Å². The van der Waals surface area contributed by atoms with E-state index < -0.39 is 15.8 Å². The number of hydrogen-bond donors (Lipinski definition) is 2. The SMILES string of the molecule is Cc1ccc(S(=O)(=O)Nc2ccccc2F)cc1C(=O)N1CCNCC1. The number of rotatable bonds is 4. The van der Waals surface area contributed by atoms with Crippen LogP contribution in [0.15, 0.2) is 47.4 Å². The van der Waals surface area contributed by atoms with Crippen LogP contribution in [0.25, 0.3) is 0 Å². The zero-order chi connectivity index (χ0) is 18.7. The normalized spacial score (nSPS) is 14.9. The highest BCUT2D eigenvalue weighted by Gasteiger charge is 2.23. The highest BCUT2D eigenvalue weighted by molar-refractivity contribution is 7.92. The number of para-hydroxylation sites is 1. The Morgan fingerprint density at radius 2 is 1.85 bits per heavy atom. The quantitative estimate of drug-likeness (QED) is 0.854. The zero-order valence-corrected chi connectivity index (χ0v) is 15.1. The van der Waals surface area contributed by atoms with Gasteiger partial charge >= 0.3 is 0 Å². The molecule has 1 saturated heterocycles. The molecule has 1 heterocycles. The summed E-state index contributed by atoms with van der Waals surface area (Å²) < 4.78 is 41.2. The first-order valence-corrected chi connectivity index (χ1v) is 9.75. The van der Waals surface area contributed by atoms with Gasteiger partial charge in [-0.25, -0.2) is 12.8 Å². The van der Waals surface area contributed by atoms with E-state index in [9.17, 15) is 17.6 Å². The number of sulfonamides is 1. The maximum atomic E-state index is 13.8. The van der Waals surface area contributed by atoms with Gasteiger partial charge in [0.25, 0.3) is 15.9 Å². The van der Waals surface area contributed by atoms with Crippen LogP contribution >= 0.6 is 0 Å². The Bertz CT molecular complexity index is 925. The van der Waals surface area contributed by atoms with Crippen LogP contribution in [0.1, 0.15) is 15.9 Å². The molecule has 6 nitrogen and oxygen atoms in total. The Morgan fingerprint density at radius 1 is 1.15 bits per heavy atom. The first kappa shape index (κ1) is 18.3. The Balaban J connectivity index is 1.91. The van der Waals surface area contributed by atoms with Gasteiger partial charge in [0.2, 0.25) is 0 Å². The molecule has 0 atom stereocenters. The van der Waals surface area contributed by atoms with Gasteiger partial charge in [-0.1, -0.05) is 18.2 Å². The standard InChI is InChI=1S/C18H20FN3O3S/c1-13-6-7-14(12-15(13)18(23)22-10-8-20-9-11-22)26(24,25)21-17-5-3-2-4-16(17)19/h2-7,12,20-21H,8-11H2,1H3. The van der Waals surface area contributed by atoms with Crippen molar-refractivity contribution in [2.75, 3.05) is 30.9 Å². The third-order valence-electron chi connectivity index (χ3n) is 4.27. The summed E-state index contributed by atoms with van der Waals surface area (Å²) in [4.78, 5) is 14.4. The maximum absolute atomic E-state index is 13.8. The predicted molar refractivity (Wildman–Crippen MR) is 97.2 cm³/mol. The van der Waals surface area contributed by atoms with Crippen LogP contribution in [0.5, 0.6) is 0 Å². The first-order valence-electron chi connectivity index (χ1n) is 8.26. The van der Waals surface area contributed by atoms with E-state index in [-0.39, 0.29) is 16.5 Å². The number of halogens is 1. The van der Waals surface area contributed by atoms with Gasteiger partial charge in [-0.2, -0.15) is 0 Å². The smallest absolute Gasteiger partial charge is 0.262 e. The average molecular weight is 377 g/mol. The number of nitrogens with zero attached hydrogens (tertiary/aromatic N) is 1. The molecule has 3 rings (SSSR count). The van der Waals surface area contributed by atoms with Gasteiger partial charge in [0.1, 0.15) is 5.82 Å². The van der Waals surface area contributed by atoms with Crippen LogP contribution in [0.3, 0.4) is 0 Å². The number of amides is 1. The highest BCUT2D eigenvalue weighted by Crippen LogP contribution is 2.22. The molecule has 1 fully saturated rings. The van der Waals surface area contributed by atoms with Crippen molar-refractivity contribution in [2.45, 2.75) is 11.8 Å². The second-order valence-electron chi connectivity index (χ2n) is 6.10. The van der Waals surface area contributed by atoms with Gasteiger partial charge in [0.05, 0.1) is 10.6 Å². The summed E-state index contributed by atoms with van der Waals surface area (Å²) in [5, 5.41) is 3.17. The lowest BCUT2D eigenvalue weighted by atomic mass is 10.1. The van der Waals surface area contributed by atoms with Gasteiger partial charge in [-0.3, -0.25) is 9.52 Å². The Kier molecular flexibility index (Phi) is 5.24. The molecule has 0 radical (unpaired) electrons. The number of anilines is 1. The minimum absolute atomic E-state index is 0.0789. The second kappa shape index (κ2) is 7.43. The van der Waals surface area contributed by atoms with E-state index >= 15 is 0 Å². The van der Waals surface area contributed by atoms with E-state index in [0.717, 1.165) is 0 Å².